The van der Waals surface area contributed by atoms with Gasteiger partial charge in [-0.15, -0.1) is 12.8 Å². The van der Waals surface area contributed by atoms with E-state index in [9.17, 15) is 19.2 Å². The van der Waals surface area contributed by atoms with Gasteiger partial charge in [-0.2, -0.15) is 0 Å². The first-order valence-electron chi connectivity index (χ1n) is 12.6. The topological polar surface area (TPSA) is 121 Å². The molecule has 39 heavy (non-hydrogen) atoms. The number of carbonyl (C=O) groups excluding carboxylic acids is 4. The van der Waals surface area contributed by atoms with E-state index in [2.05, 4.69) is 38.6 Å². The number of aldehydes is 1. The molecular weight excluding hydrogens is 504 g/mol. The molecule has 1 aromatic carbocycles. The number of amides is 1. The molecule has 0 bridgehead atoms. The maximum atomic E-state index is 13.3. The number of ether oxygens (including phenoxy) is 4. The standard InChI is InChI=1S/C21H20N2O8.C4H10.C2H6.C2H2/c1-28-13-3-4-15-11(6-13)5-12-7-23(8-16(12)22-15)19(25)17(20(26)29-2)14(9-24)18-21(27)31-10-30-18;1-4(2)3;2*1-2/h3-6,9,14,17-18H,7-8,10H2,1-2H3;4H,1-3H3;1-2H3;1-2H. The number of aromatic nitrogens is 1. The van der Waals surface area contributed by atoms with E-state index in [1.54, 1.807) is 13.2 Å². The summed E-state index contributed by atoms with van der Waals surface area (Å²) in [5.74, 6) is -3.76. The molecule has 212 valence electrons. The van der Waals surface area contributed by atoms with E-state index in [1.807, 2.05) is 32.0 Å². The molecule has 4 rings (SSSR count). The van der Waals surface area contributed by atoms with Crippen molar-refractivity contribution in [3.8, 4) is 18.6 Å². The van der Waals surface area contributed by atoms with Crippen LogP contribution < -0.4 is 4.74 Å². The summed E-state index contributed by atoms with van der Waals surface area (Å²) in [5, 5.41) is 0.852. The number of benzene rings is 1. The highest BCUT2D eigenvalue weighted by molar-refractivity contribution is 6.01. The fourth-order valence-electron chi connectivity index (χ4n) is 3.89. The van der Waals surface area contributed by atoms with Gasteiger partial charge in [-0.1, -0.05) is 34.6 Å². The highest BCUT2D eigenvalue weighted by atomic mass is 16.7. The summed E-state index contributed by atoms with van der Waals surface area (Å²) in [7, 11) is 2.68. The van der Waals surface area contributed by atoms with Crippen molar-refractivity contribution in [3.05, 3.63) is 35.5 Å². The lowest BCUT2D eigenvalue weighted by atomic mass is 9.87. The molecule has 3 heterocycles. The predicted molar refractivity (Wildman–Crippen MR) is 145 cm³/mol. The molecule has 10 heteroatoms. The monoisotopic (exact) mass is 542 g/mol. The number of nitrogens with zero attached hydrogens (tertiary/aromatic N) is 2. The molecule has 10 nitrogen and oxygen atoms in total. The number of carbonyl (C=O) groups is 4. The SMILES string of the molecule is C#C.CC.CC(C)C.COC(=O)C(C(=O)N1Cc2cc3cc(OC)ccc3nc2C1)C(C=O)C1OCOC1=O. The summed E-state index contributed by atoms with van der Waals surface area (Å²) >= 11 is 0. The third-order valence-corrected chi connectivity index (χ3v) is 5.50. The Kier molecular flexibility index (Phi) is 13.6. The van der Waals surface area contributed by atoms with Crippen molar-refractivity contribution in [2.45, 2.75) is 53.8 Å². The number of rotatable bonds is 6. The van der Waals surface area contributed by atoms with Crippen LogP contribution in [0.1, 0.15) is 45.9 Å². The summed E-state index contributed by atoms with van der Waals surface area (Å²) < 4.78 is 19.8. The fourth-order valence-corrected chi connectivity index (χ4v) is 3.89. The van der Waals surface area contributed by atoms with E-state index in [0.717, 1.165) is 29.5 Å². The number of cyclic esters (lactones) is 1. The lowest BCUT2D eigenvalue weighted by molar-refractivity contribution is -0.161. The van der Waals surface area contributed by atoms with E-state index >= 15 is 0 Å². The highest BCUT2D eigenvalue weighted by Crippen LogP contribution is 2.31. The van der Waals surface area contributed by atoms with Crippen LogP contribution in [0.15, 0.2) is 24.3 Å². The summed E-state index contributed by atoms with van der Waals surface area (Å²) in [5.41, 5.74) is 2.25. The molecule has 3 unspecified atom stereocenters. The van der Waals surface area contributed by atoms with Gasteiger partial charge in [0.25, 0.3) is 0 Å². The van der Waals surface area contributed by atoms with E-state index in [0.29, 0.717) is 17.7 Å². The van der Waals surface area contributed by atoms with Gasteiger partial charge in [0.05, 0.1) is 37.9 Å². The van der Waals surface area contributed by atoms with Crippen LogP contribution in [0, 0.1) is 30.6 Å². The van der Waals surface area contributed by atoms with E-state index in [4.69, 9.17) is 18.9 Å². The van der Waals surface area contributed by atoms with Gasteiger partial charge in [-0.05, 0) is 35.7 Å². The van der Waals surface area contributed by atoms with Gasteiger partial charge in [0, 0.05) is 11.9 Å². The van der Waals surface area contributed by atoms with Gasteiger partial charge >= 0.3 is 11.9 Å². The first-order chi connectivity index (χ1) is 18.7. The second-order valence-electron chi connectivity index (χ2n) is 8.96. The van der Waals surface area contributed by atoms with Crippen molar-refractivity contribution in [1.29, 1.82) is 0 Å². The quantitative estimate of drug-likeness (QED) is 0.234. The van der Waals surface area contributed by atoms with Crippen LogP contribution in [0.2, 0.25) is 0 Å². The minimum absolute atomic E-state index is 0.158. The van der Waals surface area contributed by atoms with Gasteiger partial charge < -0.3 is 28.6 Å². The van der Waals surface area contributed by atoms with Crippen LogP contribution in [0.25, 0.3) is 10.9 Å². The molecular formula is C29H38N2O8. The summed E-state index contributed by atoms with van der Waals surface area (Å²) in [6.07, 6.45) is 7.02. The molecule has 0 aliphatic carbocycles. The van der Waals surface area contributed by atoms with Gasteiger partial charge in [0.2, 0.25) is 5.91 Å². The summed E-state index contributed by atoms with van der Waals surface area (Å²) in [6, 6.07) is 7.37. The lowest BCUT2D eigenvalue weighted by Crippen LogP contribution is -2.46. The van der Waals surface area contributed by atoms with Crippen LogP contribution in [-0.2, 0) is 46.5 Å². The zero-order valence-corrected chi connectivity index (χ0v) is 23.6. The third kappa shape index (κ3) is 8.26. The van der Waals surface area contributed by atoms with Crippen LogP contribution in [0.3, 0.4) is 0 Å². The molecule has 1 aromatic heterocycles. The maximum absolute atomic E-state index is 13.3. The fraction of sp³-hybridized carbons (Fsp3) is 0.483. The van der Waals surface area contributed by atoms with Gasteiger partial charge in [-0.3, -0.25) is 14.6 Å². The number of pyridine rings is 1. The van der Waals surface area contributed by atoms with Crippen LogP contribution in [0.5, 0.6) is 5.75 Å². The molecule has 1 saturated heterocycles. The van der Waals surface area contributed by atoms with Crippen LogP contribution >= 0.6 is 0 Å². The Bertz CT molecular complexity index is 1160. The Morgan fingerprint density at radius 2 is 1.77 bits per heavy atom. The second-order valence-corrected chi connectivity index (χ2v) is 8.96. The van der Waals surface area contributed by atoms with Crippen LogP contribution in [0.4, 0.5) is 0 Å². The minimum atomic E-state index is -1.54. The number of methoxy groups -OCH3 is 2. The second kappa shape index (κ2) is 16.1. The van der Waals surface area contributed by atoms with E-state index in [-0.39, 0.29) is 19.9 Å². The van der Waals surface area contributed by atoms with Crippen molar-refractivity contribution in [1.82, 2.24) is 9.88 Å². The number of hydrogen-bond acceptors (Lipinski definition) is 9. The Hall–Kier alpha value is -3.97. The van der Waals surface area contributed by atoms with Crippen molar-refractivity contribution < 1.29 is 38.1 Å². The third-order valence-electron chi connectivity index (χ3n) is 5.50. The Labute approximate surface area is 229 Å². The van der Waals surface area contributed by atoms with Crippen molar-refractivity contribution in [2.24, 2.45) is 17.8 Å². The zero-order chi connectivity index (χ0) is 29.7. The minimum Gasteiger partial charge on any atom is -0.497 e. The molecule has 0 radical (unpaired) electrons. The normalized spacial score (nSPS) is 16.6. The zero-order valence-electron chi connectivity index (χ0n) is 23.6. The number of fused-ring (bicyclic) bond motifs is 2. The molecule has 0 saturated carbocycles. The van der Waals surface area contributed by atoms with Crippen molar-refractivity contribution in [2.75, 3.05) is 21.0 Å². The van der Waals surface area contributed by atoms with Gasteiger partial charge in [-0.25, -0.2) is 4.79 Å². The van der Waals surface area contributed by atoms with Gasteiger partial charge in [0.1, 0.15) is 18.0 Å². The van der Waals surface area contributed by atoms with Gasteiger partial charge in [0.15, 0.2) is 12.9 Å². The predicted octanol–water partition coefficient (Wildman–Crippen LogP) is 3.53. The first-order valence-corrected chi connectivity index (χ1v) is 12.6. The van der Waals surface area contributed by atoms with E-state index in [1.165, 1.54) is 4.90 Å². The average molecular weight is 543 g/mol. The smallest absolute Gasteiger partial charge is 0.338 e. The van der Waals surface area contributed by atoms with Crippen molar-refractivity contribution >= 4 is 35.0 Å². The van der Waals surface area contributed by atoms with Crippen molar-refractivity contribution in [3.63, 3.8) is 0 Å². The lowest BCUT2D eigenvalue weighted by Gasteiger charge is -2.26. The molecule has 2 aliphatic heterocycles. The highest BCUT2D eigenvalue weighted by Gasteiger charge is 2.48. The molecule has 2 aromatic rings. The number of esters is 2. The Morgan fingerprint density at radius 1 is 1.13 bits per heavy atom. The number of terminal acetylenes is 1. The molecule has 1 amide bonds. The average Bonchev–Trinajstić information content (AvgIpc) is 3.56. The summed E-state index contributed by atoms with van der Waals surface area (Å²) in [6.45, 7) is 10.5. The molecule has 2 aliphatic rings. The molecule has 1 fully saturated rings. The Balaban J connectivity index is 0.000000856. The largest absolute Gasteiger partial charge is 0.497 e. The number of hydrogen-bond donors (Lipinski definition) is 0. The summed E-state index contributed by atoms with van der Waals surface area (Å²) in [4.78, 5) is 55.4. The Morgan fingerprint density at radius 3 is 2.28 bits per heavy atom. The van der Waals surface area contributed by atoms with E-state index < -0.39 is 35.8 Å². The molecule has 0 N–H and O–H groups in total. The molecule has 0 spiro atoms. The molecule has 3 atom stereocenters. The first kappa shape index (κ1) is 33.1. The maximum Gasteiger partial charge on any atom is 0.338 e. The van der Waals surface area contributed by atoms with Crippen LogP contribution in [-0.4, -0.2) is 61.1 Å².